The fourth-order valence-corrected chi connectivity index (χ4v) is 3.46. The Balaban J connectivity index is 2.64. The van der Waals surface area contributed by atoms with Crippen LogP contribution in [0.15, 0.2) is 39.3 Å². The first-order valence-electron chi connectivity index (χ1n) is 5.42. The van der Waals surface area contributed by atoms with Gasteiger partial charge in [-0.2, -0.15) is 0 Å². The highest BCUT2D eigenvalue weighted by Crippen LogP contribution is 2.34. The average Bonchev–Trinajstić information content (AvgIpc) is 2.52. The standard InChI is InChI=1S/C14H11Br2N/c1-8-5-10(16)7-12-11-6-9(15)3-4-13(11)17(2)14(8)12/h3-7H,1-2H3. The Hall–Kier alpha value is -0.800. The van der Waals surface area contributed by atoms with Crippen LogP contribution in [0, 0.1) is 6.92 Å². The van der Waals surface area contributed by atoms with E-state index in [1.807, 2.05) is 0 Å². The van der Waals surface area contributed by atoms with Gasteiger partial charge in [0.1, 0.15) is 0 Å². The van der Waals surface area contributed by atoms with E-state index in [1.165, 1.54) is 27.4 Å². The van der Waals surface area contributed by atoms with E-state index < -0.39 is 0 Å². The van der Waals surface area contributed by atoms with Crippen molar-refractivity contribution in [3.63, 3.8) is 0 Å². The first-order valence-corrected chi connectivity index (χ1v) is 7.00. The molecule has 0 fully saturated rings. The molecule has 0 atom stereocenters. The molecule has 3 rings (SSSR count). The molecule has 0 aliphatic carbocycles. The van der Waals surface area contributed by atoms with Gasteiger partial charge in [-0.25, -0.2) is 0 Å². The number of benzene rings is 2. The SMILES string of the molecule is Cc1cc(Br)cc2c3cc(Br)ccc3n(C)c12. The maximum atomic E-state index is 3.58. The summed E-state index contributed by atoms with van der Waals surface area (Å²) in [6, 6.07) is 10.8. The molecule has 0 N–H and O–H groups in total. The molecule has 0 spiro atoms. The van der Waals surface area contributed by atoms with Gasteiger partial charge in [0.2, 0.25) is 0 Å². The molecule has 0 saturated carbocycles. The maximum absolute atomic E-state index is 3.58. The second kappa shape index (κ2) is 3.85. The summed E-state index contributed by atoms with van der Waals surface area (Å²) in [6.45, 7) is 2.15. The third-order valence-electron chi connectivity index (χ3n) is 3.21. The largest absolute Gasteiger partial charge is 0.343 e. The monoisotopic (exact) mass is 351 g/mol. The second-order valence-electron chi connectivity index (χ2n) is 4.34. The summed E-state index contributed by atoms with van der Waals surface area (Å²) in [5, 5.41) is 2.59. The summed E-state index contributed by atoms with van der Waals surface area (Å²) in [5.74, 6) is 0. The van der Waals surface area contributed by atoms with Gasteiger partial charge in [0.25, 0.3) is 0 Å². The summed E-state index contributed by atoms with van der Waals surface area (Å²) >= 11 is 7.12. The van der Waals surface area contributed by atoms with E-state index in [0.29, 0.717) is 0 Å². The molecule has 1 nitrogen and oxygen atoms in total. The van der Waals surface area contributed by atoms with Crippen LogP contribution in [0.3, 0.4) is 0 Å². The Kier molecular flexibility index (Phi) is 2.56. The molecule has 0 amide bonds. The van der Waals surface area contributed by atoms with Crippen LogP contribution in [-0.4, -0.2) is 4.57 Å². The van der Waals surface area contributed by atoms with E-state index in [2.05, 4.69) is 80.7 Å². The van der Waals surface area contributed by atoms with Crippen molar-refractivity contribution in [3.05, 3.63) is 44.8 Å². The van der Waals surface area contributed by atoms with Gasteiger partial charge in [0, 0.05) is 32.3 Å². The van der Waals surface area contributed by atoms with Gasteiger partial charge in [0.15, 0.2) is 0 Å². The summed E-state index contributed by atoms with van der Waals surface area (Å²) in [6.07, 6.45) is 0. The zero-order chi connectivity index (χ0) is 12.2. The summed E-state index contributed by atoms with van der Waals surface area (Å²) < 4.78 is 4.52. The number of halogens is 2. The van der Waals surface area contributed by atoms with Crippen LogP contribution in [0.4, 0.5) is 0 Å². The lowest BCUT2D eigenvalue weighted by Crippen LogP contribution is -1.88. The van der Waals surface area contributed by atoms with Crippen molar-refractivity contribution in [2.75, 3.05) is 0 Å². The average molecular weight is 353 g/mol. The number of nitrogens with zero attached hydrogens (tertiary/aromatic N) is 1. The topological polar surface area (TPSA) is 4.93 Å². The minimum Gasteiger partial charge on any atom is -0.343 e. The minimum absolute atomic E-state index is 1.12. The molecule has 0 unspecified atom stereocenters. The highest BCUT2D eigenvalue weighted by molar-refractivity contribution is 9.10. The Labute approximate surface area is 117 Å². The van der Waals surface area contributed by atoms with Crippen molar-refractivity contribution < 1.29 is 0 Å². The summed E-state index contributed by atoms with van der Waals surface area (Å²) in [5.41, 5.74) is 3.87. The Morgan fingerprint density at radius 1 is 0.941 bits per heavy atom. The van der Waals surface area contributed by atoms with Gasteiger partial charge < -0.3 is 4.57 Å². The molecule has 86 valence electrons. The predicted molar refractivity (Wildman–Crippen MR) is 80.6 cm³/mol. The molecule has 0 aliphatic rings. The van der Waals surface area contributed by atoms with Crippen LogP contribution in [0.1, 0.15) is 5.56 Å². The molecule has 2 aromatic carbocycles. The molecular formula is C14H11Br2N. The number of hydrogen-bond donors (Lipinski definition) is 0. The van der Waals surface area contributed by atoms with E-state index in [0.717, 1.165) is 8.95 Å². The van der Waals surface area contributed by atoms with Crippen molar-refractivity contribution >= 4 is 53.7 Å². The van der Waals surface area contributed by atoms with Gasteiger partial charge in [-0.15, -0.1) is 0 Å². The molecular weight excluding hydrogens is 342 g/mol. The van der Waals surface area contributed by atoms with Crippen LogP contribution in [0.2, 0.25) is 0 Å². The molecule has 0 bridgehead atoms. The van der Waals surface area contributed by atoms with Gasteiger partial charge in [-0.05, 0) is 42.8 Å². The van der Waals surface area contributed by atoms with Crippen molar-refractivity contribution in [1.29, 1.82) is 0 Å². The van der Waals surface area contributed by atoms with Crippen molar-refractivity contribution in [2.24, 2.45) is 7.05 Å². The molecule has 1 heterocycles. The lowest BCUT2D eigenvalue weighted by Gasteiger charge is -2.02. The zero-order valence-corrected chi connectivity index (χ0v) is 12.8. The van der Waals surface area contributed by atoms with Crippen LogP contribution >= 0.6 is 31.9 Å². The smallest absolute Gasteiger partial charge is 0.0519 e. The summed E-state index contributed by atoms with van der Waals surface area (Å²) in [4.78, 5) is 0. The van der Waals surface area contributed by atoms with E-state index in [1.54, 1.807) is 0 Å². The second-order valence-corrected chi connectivity index (χ2v) is 6.17. The zero-order valence-electron chi connectivity index (χ0n) is 9.59. The van der Waals surface area contributed by atoms with E-state index in [9.17, 15) is 0 Å². The normalized spacial score (nSPS) is 11.5. The number of fused-ring (bicyclic) bond motifs is 3. The number of rotatable bonds is 0. The van der Waals surface area contributed by atoms with Crippen LogP contribution in [0.25, 0.3) is 21.8 Å². The fraction of sp³-hybridized carbons (Fsp3) is 0.143. The Bertz CT molecular complexity index is 741. The van der Waals surface area contributed by atoms with E-state index >= 15 is 0 Å². The van der Waals surface area contributed by atoms with Crippen molar-refractivity contribution in [3.8, 4) is 0 Å². The number of aromatic nitrogens is 1. The molecule has 1 aromatic heterocycles. The maximum Gasteiger partial charge on any atom is 0.0519 e. The Morgan fingerprint density at radius 3 is 2.41 bits per heavy atom. The molecule has 3 aromatic rings. The molecule has 0 radical (unpaired) electrons. The number of aryl methyl sites for hydroxylation is 2. The van der Waals surface area contributed by atoms with Gasteiger partial charge in [0.05, 0.1) is 5.52 Å². The minimum atomic E-state index is 1.12. The molecule has 3 heteroatoms. The highest BCUT2D eigenvalue weighted by atomic mass is 79.9. The first-order chi connectivity index (χ1) is 8.08. The fourth-order valence-electron chi connectivity index (χ4n) is 2.52. The van der Waals surface area contributed by atoms with E-state index in [-0.39, 0.29) is 0 Å². The number of hydrogen-bond acceptors (Lipinski definition) is 0. The van der Waals surface area contributed by atoms with Gasteiger partial charge in [-0.3, -0.25) is 0 Å². The lowest BCUT2D eigenvalue weighted by atomic mass is 10.1. The predicted octanol–water partition coefficient (Wildman–Crippen LogP) is 5.16. The third kappa shape index (κ3) is 1.64. The quantitative estimate of drug-likeness (QED) is 0.526. The van der Waals surface area contributed by atoms with Crippen LogP contribution in [0.5, 0.6) is 0 Å². The van der Waals surface area contributed by atoms with Crippen molar-refractivity contribution in [2.45, 2.75) is 6.92 Å². The van der Waals surface area contributed by atoms with Crippen molar-refractivity contribution in [1.82, 2.24) is 4.57 Å². The third-order valence-corrected chi connectivity index (χ3v) is 4.16. The lowest BCUT2D eigenvalue weighted by molar-refractivity contribution is 1.01. The van der Waals surface area contributed by atoms with Crippen LogP contribution < -0.4 is 0 Å². The first kappa shape index (κ1) is 11.3. The summed E-state index contributed by atoms with van der Waals surface area (Å²) in [7, 11) is 2.12. The Morgan fingerprint density at radius 2 is 1.65 bits per heavy atom. The van der Waals surface area contributed by atoms with E-state index in [4.69, 9.17) is 0 Å². The van der Waals surface area contributed by atoms with Crippen LogP contribution in [-0.2, 0) is 7.05 Å². The van der Waals surface area contributed by atoms with Gasteiger partial charge >= 0.3 is 0 Å². The van der Waals surface area contributed by atoms with Gasteiger partial charge in [-0.1, -0.05) is 31.9 Å². The molecule has 0 saturated heterocycles. The molecule has 0 aliphatic heterocycles. The highest BCUT2D eigenvalue weighted by Gasteiger charge is 2.11. The molecule has 17 heavy (non-hydrogen) atoms.